The van der Waals surface area contributed by atoms with Crippen LogP contribution in [0.4, 0.5) is 5.82 Å². The number of hydrogen-bond acceptors (Lipinski definition) is 5. The van der Waals surface area contributed by atoms with Crippen molar-refractivity contribution in [2.75, 3.05) is 5.43 Å². The lowest BCUT2D eigenvalue weighted by Crippen LogP contribution is -2.24. The minimum absolute atomic E-state index is 0.225. The molecule has 1 amide bonds. The van der Waals surface area contributed by atoms with Gasteiger partial charge in [-0.2, -0.15) is 0 Å². The molecule has 0 bridgehead atoms. The van der Waals surface area contributed by atoms with Crippen LogP contribution in [-0.4, -0.2) is 10.9 Å². The molecule has 0 fully saturated rings. The highest BCUT2D eigenvalue weighted by Crippen LogP contribution is 2.19. The zero-order valence-corrected chi connectivity index (χ0v) is 11.7. The third kappa shape index (κ3) is 3.28. The summed E-state index contributed by atoms with van der Waals surface area (Å²) in [6, 6.07) is 7.02. The predicted molar refractivity (Wildman–Crippen MR) is 75.2 cm³/mol. The number of halogens is 1. The zero-order valence-electron chi connectivity index (χ0n) is 9.31. The fourth-order valence-electron chi connectivity index (χ4n) is 1.35. The number of carbonyl (C=O) groups is 1. The van der Waals surface area contributed by atoms with Gasteiger partial charge in [0.25, 0.3) is 5.91 Å². The molecule has 18 heavy (non-hydrogen) atoms. The third-order valence-electron chi connectivity index (χ3n) is 2.17. The maximum atomic E-state index is 11.8. The van der Waals surface area contributed by atoms with E-state index in [0.29, 0.717) is 18.1 Å². The number of nitrogens with zero attached hydrogens (tertiary/aromatic N) is 1. The van der Waals surface area contributed by atoms with Gasteiger partial charge in [0.05, 0.1) is 6.54 Å². The Morgan fingerprint density at radius 2 is 2.33 bits per heavy atom. The quantitative estimate of drug-likeness (QED) is 0.594. The second kappa shape index (κ2) is 5.94. The first-order valence-corrected chi connectivity index (χ1v) is 6.81. The summed E-state index contributed by atoms with van der Waals surface area (Å²) < 4.78 is 1.02. The van der Waals surface area contributed by atoms with Crippen molar-refractivity contribution in [2.45, 2.75) is 6.54 Å². The largest absolute Gasteiger partial charge is 0.346 e. The van der Waals surface area contributed by atoms with E-state index in [4.69, 9.17) is 5.84 Å². The van der Waals surface area contributed by atoms with Crippen LogP contribution in [0.3, 0.4) is 0 Å². The Hall–Kier alpha value is -1.44. The van der Waals surface area contributed by atoms with Crippen LogP contribution in [0, 0.1) is 0 Å². The van der Waals surface area contributed by atoms with Gasteiger partial charge in [-0.3, -0.25) is 4.79 Å². The van der Waals surface area contributed by atoms with E-state index in [0.717, 1.165) is 9.35 Å². The zero-order chi connectivity index (χ0) is 13.0. The SMILES string of the molecule is NNc1cccc(C(=O)NCc2cc(Br)cs2)n1. The molecule has 2 aromatic heterocycles. The molecule has 0 aliphatic carbocycles. The number of pyridine rings is 1. The summed E-state index contributed by atoms with van der Waals surface area (Å²) >= 11 is 4.95. The molecule has 0 aliphatic heterocycles. The Bertz CT molecular complexity index is 557. The van der Waals surface area contributed by atoms with Crippen LogP contribution in [-0.2, 0) is 6.54 Å². The van der Waals surface area contributed by atoms with Crippen molar-refractivity contribution in [3.8, 4) is 0 Å². The number of nitrogens with two attached hydrogens (primary N) is 1. The molecule has 94 valence electrons. The number of nitrogen functional groups attached to an aromatic ring is 1. The lowest BCUT2D eigenvalue weighted by atomic mass is 10.3. The molecule has 0 saturated heterocycles. The van der Waals surface area contributed by atoms with E-state index >= 15 is 0 Å². The average molecular weight is 327 g/mol. The highest BCUT2D eigenvalue weighted by Gasteiger charge is 2.08. The van der Waals surface area contributed by atoms with E-state index in [-0.39, 0.29) is 5.91 Å². The van der Waals surface area contributed by atoms with Crippen LogP contribution in [0.5, 0.6) is 0 Å². The maximum Gasteiger partial charge on any atom is 0.270 e. The van der Waals surface area contributed by atoms with Gasteiger partial charge in [-0.1, -0.05) is 6.07 Å². The number of hydrazine groups is 1. The predicted octanol–water partition coefficient (Wildman–Crippen LogP) is 2.12. The number of nitrogens with one attached hydrogen (secondary N) is 2. The Morgan fingerprint density at radius 3 is 3.00 bits per heavy atom. The van der Waals surface area contributed by atoms with Gasteiger partial charge in [0.1, 0.15) is 11.5 Å². The monoisotopic (exact) mass is 326 g/mol. The van der Waals surface area contributed by atoms with Crippen molar-refractivity contribution in [2.24, 2.45) is 5.84 Å². The summed E-state index contributed by atoms with van der Waals surface area (Å²) in [7, 11) is 0. The molecule has 0 saturated carbocycles. The fourth-order valence-corrected chi connectivity index (χ4v) is 2.74. The molecule has 0 aliphatic rings. The van der Waals surface area contributed by atoms with Crippen molar-refractivity contribution >= 4 is 39.0 Å². The van der Waals surface area contributed by atoms with Crippen LogP contribution in [0.1, 0.15) is 15.4 Å². The molecule has 7 heteroatoms. The molecule has 0 spiro atoms. The number of aromatic nitrogens is 1. The van der Waals surface area contributed by atoms with Crippen LogP contribution >= 0.6 is 27.3 Å². The van der Waals surface area contributed by atoms with Gasteiger partial charge < -0.3 is 10.7 Å². The molecule has 0 radical (unpaired) electrons. The van der Waals surface area contributed by atoms with E-state index in [2.05, 4.69) is 31.7 Å². The van der Waals surface area contributed by atoms with Crippen molar-refractivity contribution in [1.29, 1.82) is 0 Å². The normalized spacial score (nSPS) is 10.1. The fraction of sp³-hybridized carbons (Fsp3) is 0.0909. The molecule has 2 heterocycles. The summed E-state index contributed by atoms with van der Waals surface area (Å²) in [5, 5.41) is 4.77. The molecule has 0 unspecified atom stereocenters. The summed E-state index contributed by atoms with van der Waals surface area (Å²) in [4.78, 5) is 17.0. The van der Waals surface area contributed by atoms with Gasteiger partial charge in [0.15, 0.2) is 0 Å². The summed E-state index contributed by atoms with van der Waals surface area (Å²) in [5.41, 5.74) is 2.74. The lowest BCUT2D eigenvalue weighted by molar-refractivity contribution is 0.0946. The lowest BCUT2D eigenvalue weighted by Gasteiger charge is -2.04. The van der Waals surface area contributed by atoms with Crippen molar-refractivity contribution in [3.63, 3.8) is 0 Å². The minimum Gasteiger partial charge on any atom is -0.346 e. The van der Waals surface area contributed by atoms with Crippen LogP contribution in [0.25, 0.3) is 0 Å². The first-order chi connectivity index (χ1) is 8.69. The summed E-state index contributed by atoms with van der Waals surface area (Å²) in [6.07, 6.45) is 0. The van der Waals surface area contributed by atoms with Crippen molar-refractivity contribution in [1.82, 2.24) is 10.3 Å². The first-order valence-electron chi connectivity index (χ1n) is 5.14. The number of thiophene rings is 1. The second-order valence-corrected chi connectivity index (χ2v) is 5.38. The Balaban J connectivity index is 1.99. The van der Waals surface area contributed by atoms with Gasteiger partial charge in [-0.25, -0.2) is 10.8 Å². The highest BCUT2D eigenvalue weighted by atomic mass is 79.9. The first kappa shape index (κ1) is 13.0. The number of carbonyl (C=O) groups excluding carboxylic acids is 1. The standard InChI is InChI=1S/C11H11BrN4OS/c12-7-4-8(18-6-7)5-14-11(17)9-2-1-3-10(15-9)16-13/h1-4,6H,5,13H2,(H,14,17)(H,15,16). The molecule has 5 nitrogen and oxygen atoms in total. The van der Waals surface area contributed by atoms with Crippen LogP contribution < -0.4 is 16.6 Å². The van der Waals surface area contributed by atoms with E-state index in [1.807, 2.05) is 11.4 Å². The second-order valence-electron chi connectivity index (χ2n) is 3.47. The van der Waals surface area contributed by atoms with Crippen LogP contribution in [0.15, 0.2) is 34.1 Å². The topological polar surface area (TPSA) is 80.0 Å². The average Bonchev–Trinajstić information content (AvgIpc) is 2.82. The molecule has 4 N–H and O–H groups in total. The van der Waals surface area contributed by atoms with E-state index in [9.17, 15) is 4.79 Å². The van der Waals surface area contributed by atoms with Crippen molar-refractivity contribution in [3.05, 3.63) is 44.7 Å². The number of rotatable bonds is 4. The van der Waals surface area contributed by atoms with Gasteiger partial charge in [-0.15, -0.1) is 11.3 Å². The summed E-state index contributed by atoms with van der Waals surface area (Å²) in [6.45, 7) is 0.483. The van der Waals surface area contributed by atoms with Crippen molar-refractivity contribution < 1.29 is 4.79 Å². The van der Waals surface area contributed by atoms with Gasteiger partial charge in [-0.05, 0) is 34.1 Å². The Labute approximate surface area is 117 Å². The van der Waals surface area contributed by atoms with Crippen LogP contribution in [0.2, 0.25) is 0 Å². The van der Waals surface area contributed by atoms with Gasteiger partial charge in [0.2, 0.25) is 0 Å². The number of hydrogen-bond donors (Lipinski definition) is 3. The Morgan fingerprint density at radius 1 is 1.50 bits per heavy atom. The molecule has 2 rings (SSSR count). The third-order valence-corrected chi connectivity index (χ3v) is 3.87. The molecular formula is C11H11BrN4OS. The molecular weight excluding hydrogens is 316 g/mol. The highest BCUT2D eigenvalue weighted by molar-refractivity contribution is 9.10. The smallest absolute Gasteiger partial charge is 0.270 e. The van der Waals surface area contributed by atoms with E-state index in [1.165, 1.54) is 0 Å². The van der Waals surface area contributed by atoms with E-state index < -0.39 is 0 Å². The molecule has 0 aromatic carbocycles. The molecule has 0 atom stereocenters. The molecule has 2 aromatic rings. The van der Waals surface area contributed by atoms with Gasteiger partial charge in [0, 0.05) is 14.7 Å². The summed E-state index contributed by atoms with van der Waals surface area (Å²) in [5.74, 6) is 5.47. The Kier molecular flexibility index (Phi) is 4.29. The van der Waals surface area contributed by atoms with Gasteiger partial charge >= 0.3 is 0 Å². The number of anilines is 1. The number of amides is 1. The maximum absolute atomic E-state index is 11.8. The van der Waals surface area contributed by atoms with E-state index in [1.54, 1.807) is 29.5 Å². The minimum atomic E-state index is -0.225.